The van der Waals surface area contributed by atoms with Gasteiger partial charge in [0.2, 0.25) is 0 Å². The topological polar surface area (TPSA) is 41.1 Å². The van der Waals surface area contributed by atoms with Gasteiger partial charge in [0.25, 0.3) is 0 Å². The molecule has 2 aromatic rings. The summed E-state index contributed by atoms with van der Waals surface area (Å²) < 4.78 is 0. The van der Waals surface area contributed by atoms with Crippen molar-refractivity contribution in [3.63, 3.8) is 0 Å². The van der Waals surface area contributed by atoms with Crippen LogP contribution in [0.2, 0.25) is 5.02 Å². The molecule has 3 heterocycles. The molecule has 0 unspecified atom stereocenters. The molecule has 0 spiro atoms. The Kier molecular flexibility index (Phi) is 5.13. The average molecular weight is 331 g/mol. The Balaban J connectivity index is 1.69. The Bertz CT molecular complexity index is 657. The number of rotatable bonds is 4. The molecule has 1 atom stereocenters. The Morgan fingerprint density at radius 1 is 1.26 bits per heavy atom. The molecule has 122 valence electrons. The van der Waals surface area contributed by atoms with Crippen molar-refractivity contribution >= 4 is 23.1 Å². The summed E-state index contributed by atoms with van der Waals surface area (Å²) in [7, 11) is 0. The van der Waals surface area contributed by atoms with Crippen LogP contribution in [-0.4, -0.2) is 27.5 Å². The second-order valence-corrected chi connectivity index (χ2v) is 6.71. The van der Waals surface area contributed by atoms with Crippen LogP contribution < -0.4 is 5.32 Å². The monoisotopic (exact) mass is 330 g/mol. The molecule has 5 heteroatoms. The number of aryl methyl sites for hydroxylation is 1. The summed E-state index contributed by atoms with van der Waals surface area (Å²) in [6.45, 7) is 6.34. The van der Waals surface area contributed by atoms with Gasteiger partial charge in [-0.05, 0) is 57.0 Å². The Morgan fingerprint density at radius 3 is 2.83 bits per heavy atom. The van der Waals surface area contributed by atoms with E-state index in [1.54, 1.807) is 6.20 Å². The lowest BCUT2D eigenvalue weighted by atomic mass is 10.0. The molecule has 0 bridgehead atoms. The summed E-state index contributed by atoms with van der Waals surface area (Å²) in [5.74, 6) is 0.674. The molecule has 1 saturated heterocycles. The molecular formula is C18H23ClN4. The molecule has 23 heavy (non-hydrogen) atoms. The molecule has 3 rings (SSSR count). The minimum atomic E-state index is 0.638. The molecule has 0 amide bonds. The van der Waals surface area contributed by atoms with Gasteiger partial charge in [-0.3, -0.25) is 9.88 Å². The lowest BCUT2D eigenvalue weighted by molar-refractivity contribution is 0.152. The molecule has 1 N–H and O–H groups in total. The number of piperidine rings is 1. The minimum absolute atomic E-state index is 0.638. The highest BCUT2D eigenvalue weighted by atomic mass is 35.5. The predicted molar refractivity (Wildman–Crippen MR) is 95.2 cm³/mol. The number of hydrogen-bond donors (Lipinski definition) is 1. The zero-order chi connectivity index (χ0) is 16.2. The van der Waals surface area contributed by atoms with E-state index in [0.29, 0.717) is 16.9 Å². The molecule has 4 nitrogen and oxygen atoms in total. The van der Waals surface area contributed by atoms with Crippen LogP contribution in [0.25, 0.3) is 0 Å². The molecule has 2 aromatic heterocycles. The summed E-state index contributed by atoms with van der Waals surface area (Å²) in [6, 6.07) is 6.59. The number of likely N-dealkylation sites (tertiary alicyclic amines) is 1. The maximum atomic E-state index is 6.40. The lowest BCUT2D eigenvalue weighted by Gasteiger charge is -2.33. The number of halogens is 1. The lowest BCUT2D eigenvalue weighted by Crippen LogP contribution is -2.36. The first-order valence-corrected chi connectivity index (χ1v) is 8.58. The molecule has 1 aliphatic heterocycles. The summed E-state index contributed by atoms with van der Waals surface area (Å²) in [5.41, 5.74) is 3.04. The van der Waals surface area contributed by atoms with Crippen LogP contribution in [0.15, 0.2) is 30.6 Å². The second-order valence-electron chi connectivity index (χ2n) is 6.30. The van der Waals surface area contributed by atoms with Gasteiger partial charge in [-0.1, -0.05) is 18.0 Å². The third-order valence-corrected chi connectivity index (χ3v) is 4.69. The minimum Gasteiger partial charge on any atom is -0.338 e. The van der Waals surface area contributed by atoms with Gasteiger partial charge in [-0.15, -0.1) is 0 Å². The van der Waals surface area contributed by atoms with Crippen molar-refractivity contribution in [3.05, 3.63) is 46.9 Å². The molecule has 0 aliphatic carbocycles. The fourth-order valence-electron chi connectivity index (χ4n) is 2.96. The summed E-state index contributed by atoms with van der Waals surface area (Å²) >= 11 is 6.40. The van der Waals surface area contributed by atoms with Gasteiger partial charge < -0.3 is 5.32 Å². The van der Waals surface area contributed by atoms with Gasteiger partial charge in [0, 0.05) is 24.5 Å². The molecular weight excluding hydrogens is 308 g/mol. The molecule has 0 radical (unpaired) electrons. The summed E-state index contributed by atoms with van der Waals surface area (Å²) in [4.78, 5) is 11.3. The third kappa shape index (κ3) is 4.21. The van der Waals surface area contributed by atoms with Gasteiger partial charge >= 0.3 is 0 Å². The number of nitrogens with zero attached hydrogens (tertiary/aromatic N) is 3. The van der Waals surface area contributed by atoms with Crippen molar-refractivity contribution in [1.82, 2.24) is 14.9 Å². The second kappa shape index (κ2) is 7.28. The smallest absolute Gasteiger partial charge is 0.149 e. The highest BCUT2D eigenvalue weighted by Crippen LogP contribution is 2.25. The molecule has 0 aromatic carbocycles. The van der Waals surface area contributed by atoms with E-state index >= 15 is 0 Å². The third-order valence-electron chi connectivity index (χ3n) is 4.40. The van der Waals surface area contributed by atoms with Crippen molar-refractivity contribution in [2.24, 2.45) is 0 Å². The van der Waals surface area contributed by atoms with Crippen molar-refractivity contribution < 1.29 is 0 Å². The van der Waals surface area contributed by atoms with E-state index in [1.165, 1.54) is 19.3 Å². The van der Waals surface area contributed by atoms with Crippen molar-refractivity contribution in [2.45, 2.75) is 45.7 Å². The normalized spacial score (nSPS) is 18.8. The van der Waals surface area contributed by atoms with Gasteiger partial charge in [-0.2, -0.15) is 0 Å². The fraction of sp³-hybridized carbons (Fsp3) is 0.444. The number of nitrogens with one attached hydrogen (secondary N) is 1. The van der Waals surface area contributed by atoms with Crippen molar-refractivity contribution in [3.8, 4) is 0 Å². The van der Waals surface area contributed by atoms with Gasteiger partial charge in [0.15, 0.2) is 0 Å². The van der Waals surface area contributed by atoms with E-state index in [-0.39, 0.29) is 0 Å². The first kappa shape index (κ1) is 16.2. The zero-order valence-corrected chi connectivity index (χ0v) is 14.5. The van der Waals surface area contributed by atoms with Crippen LogP contribution in [0.5, 0.6) is 0 Å². The SMILES string of the molecule is Cc1ccc(Nc2ncc(CN3CCCC[C@@H]3C)cc2Cl)cn1. The van der Waals surface area contributed by atoms with Crippen LogP contribution in [0, 0.1) is 6.92 Å². The van der Waals surface area contributed by atoms with Gasteiger partial charge in [0.1, 0.15) is 5.82 Å². The number of hydrogen-bond acceptors (Lipinski definition) is 4. The fourth-order valence-corrected chi connectivity index (χ4v) is 3.20. The van der Waals surface area contributed by atoms with Crippen molar-refractivity contribution in [2.75, 3.05) is 11.9 Å². The maximum absolute atomic E-state index is 6.40. The quantitative estimate of drug-likeness (QED) is 0.892. The zero-order valence-electron chi connectivity index (χ0n) is 13.7. The molecule has 1 aliphatic rings. The molecule has 1 fully saturated rings. The number of aromatic nitrogens is 2. The summed E-state index contributed by atoms with van der Waals surface area (Å²) in [6.07, 6.45) is 7.60. The highest BCUT2D eigenvalue weighted by molar-refractivity contribution is 6.33. The first-order valence-electron chi connectivity index (χ1n) is 8.20. The van der Waals surface area contributed by atoms with Crippen LogP contribution >= 0.6 is 11.6 Å². The van der Waals surface area contributed by atoms with Crippen LogP contribution in [0.4, 0.5) is 11.5 Å². The van der Waals surface area contributed by atoms with E-state index in [0.717, 1.165) is 30.0 Å². The largest absolute Gasteiger partial charge is 0.338 e. The van der Waals surface area contributed by atoms with Gasteiger partial charge in [-0.25, -0.2) is 4.98 Å². The van der Waals surface area contributed by atoms with Crippen LogP contribution in [-0.2, 0) is 6.54 Å². The van der Waals surface area contributed by atoms with E-state index in [2.05, 4.69) is 27.1 Å². The molecule has 0 saturated carbocycles. The van der Waals surface area contributed by atoms with Crippen LogP contribution in [0.1, 0.15) is 37.4 Å². The summed E-state index contributed by atoms with van der Waals surface area (Å²) in [5, 5.41) is 3.87. The van der Waals surface area contributed by atoms with E-state index in [9.17, 15) is 0 Å². The van der Waals surface area contributed by atoms with E-state index < -0.39 is 0 Å². The Hall–Kier alpha value is -1.65. The maximum Gasteiger partial charge on any atom is 0.149 e. The number of anilines is 2. The van der Waals surface area contributed by atoms with E-state index in [1.807, 2.05) is 31.3 Å². The predicted octanol–water partition coefficient (Wildman–Crippen LogP) is 4.56. The van der Waals surface area contributed by atoms with E-state index in [4.69, 9.17) is 11.6 Å². The first-order chi connectivity index (χ1) is 11.1. The Labute approximate surface area is 142 Å². The van der Waals surface area contributed by atoms with Gasteiger partial charge in [0.05, 0.1) is 16.9 Å². The highest BCUT2D eigenvalue weighted by Gasteiger charge is 2.18. The average Bonchev–Trinajstić information content (AvgIpc) is 2.54. The Morgan fingerprint density at radius 2 is 2.13 bits per heavy atom. The number of pyridine rings is 2. The standard InChI is InChI=1S/C18H23ClN4/c1-13-6-7-16(11-20-13)22-18-17(19)9-15(10-21-18)12-23-8-4-3-5-14(23)2/h6-7,9-11,14H,3-5,8,12H2,1-2H3,(H,21,22)/t14-/m0/s1. The van der Waals surface area contributed by atoms with Crippen molar-refractivity contribution in [1.29, 1.82) is 0 Å². The van der Waals surface area contributed by atoms with Crippen LogP contribution in [0.3, 0.4) is 0 Å².